The lowest BCUT2D eigenvalue weighted by molar-refractivity contribution is 0.0578. The molecular formula is C23H30N2O2. The molecule has 0 amide bonds. The Bertz CT molecular complexity index is 686. The number of hydrogen-bond acceptors (Lipinski definition) is 4. The van der Waals surface area contributed by atoms with Crippen LogP contribution in [0.3, 0.4) is 0 Å². The van der Waals surface area contributed by atoms with E-state index in [4.69, 9.17) is 4.74 Å². The number of nitrogens with zero attached hydrogens (tertiary/aromatic N) is 1. The lowest BCUT2D eigenvalue weighted by atomic mass is 10.0. The molecule has 2 aliphatic rings. The van der Waals surface area contributed by atoms with Crippen molar-refractivity contribution in [3.05, 3.63) is 66.2 Å². The number of β-amino-alcohol motifs (C(OH)–C–C–N with tert-alkyl or cyclic N) is 1. The van der Waals surface area contributed by atoms with E-state index in [0.29, 0.717) is 31.2 Å². The molecule has 0 spiro atoms. The second-order valence-electron chi connectivity index (χ2n) is 7.88. The third-order valence-corrected chi connectivity index (χ3v) is 5.71. The van der Waals surface area contributed by atoms with Crippen molar-refractivity contribution in [2.45, 2.75) is 43.4 Å². The summed E-state index contributed by atoms with van der Waals surface area (Å²) in [5.41, 5.74) is 1.47. The third-order valence-electron chi connectivity index (χ3n) is 5.71. The quantitative estimate of drug-likeness (QED) is 0.754. The summed E-state index contributed by atoms with van der Waals surface area (Å²) in [5.74, 6) is 1.51. The molecule has 3 atom stereocenters. The molecule has 1 saturated heterocycles. The first-order chi connectivity index (χ1) is 13.3. The Morgan fingerprint density at radius 1 is 1.00 bits per heavy atom. The van der Waals surface area contributed by atoms with Gasteiger partial charge in [-0.2, -0.15) is 0 Å². The van der Waals surface area contributed by atoms with Crippen molar-refractivity contribution in [1.82, 2.24) is 10.2 Å². The van der Waals surface area contributed by atoms with Crippen LogP contribution in [0.1, 0.15) is 30.7 Å². The van der Waals surface area contributed by atoms with Gasteiger partial charge in [-0.1, -0.05) is 48.5 Å². The molecule has 2 fully saturated rings. The number of aliphatic hydroxyl groups excluding tert-OH is 1. The zero-order valence-corrected chi connectivity index (χ0v) is 15.8. The van der Waals surface area contributed by atoms with E-state index in [0.717, 1.165) is 31.7 Å². The van der Waals surface area contributed by atoms with Crippen LogP contribution in [-0.2, 0) is 0 Å². The third kappa shape index (κ3) is 5.32. The average molecular weight is 367 g/mol. The van der Waals surface area contributed by atoms with E-state index in [1.807, 2.05) is 30.3 Å². The Kier molecular flexibility index (Phi) is 6.07. The topological polar surface area (TPSA) is 44.7 Å². The summed E-state index contributed by atoms with van der Waals surface area (Å²) in [6, 6.07) is 21.8. The van der Waals surface area contributed by atoms with E-state index in [1.165, 1.54) is 12.0 Å². The van der Waals surface area contributed by atoms with Gasteiger partial charge in [-0.25, -0.2) is 0 Å². The molecule has 0 radical (unpaired) electrons. The van der Waals surface area contributed by atoms with Gasteiger partial charge in [0.2, 0.25) is 0 Å². The first-order valence-electron chi connectivity index (χ1n) is 10.2. The monoisotopic (exact) mass is 366 g/mol. The Morgan fingerprint density at radius 2 is 1.67 bits per heavy atom. The van der Waals surface area contributed by atoms with Crippen LogP contribution in [0, 0.1) is 0 Å². The fraction of sp³-hybridized carbons (Fsp3) is 0.478. The fourth-order valence-electron chi connectivity index (χ4n) is 4.09. The molecule has 1 heterocycles. The molecular weight excluding hydrogens is 336 g/mol. The minimum atomic E-state index is -0.444. The van der Waals surface area contributed by atoms with Gasteiger partial charge in [-0.05, 0) is 50.0 Å². The average Bonchev–Trinajstić information content (AvgIpc) is 3.49. The second-order valence-corrected chi connectivity index (χ2v) is 7.88. The Labute approximate surface area is 162 Å². The van der Waals surface area contributed by atoms with Gasteiger partial charge < -0.3 is 20.1 Å². The van der Waals surface area contributed by atoms with Crippen LogP contribution in [0.25, 0.3) is 0 Å². The zero-order valence-electron chi connectivity index (χ0n) is 15.8. The smallest absolute Gasteiger partial charge is 0.119 e. The molecule has 4 rings (SSSR count). The fourth-order valence-corrected chi connectivity index (χ4v) is 4.09. The molecule has 0 bridgehead atoms. The van der Waals surface area contributed by atoms with Crippen molar-refractivity contribution >= 4 is 0 Å². The Hall–Kier alpha value is -1.88. The molecule has 2 aromatic rings. The Balaban J connectivity index is 1.13. The van der Waals surface area contributed by atoms with Crippen LogP contribution >= 0.6 is 0 Å². The lowest BCUT2D eigenvalue weighted by Gasteiger charge is -2.33. The summed E-state index contributed by atoms with van der Waals surface area (Å²) in [5, 5.41) is 14.1. The van der Waals surface area contributed by atoms with E-state index in [-0.39, 0.29) is 0 Å². The SMILES string of the molecule is O[C@@H](COc1ccccc1)CN1CCC(NC2CC2c2ccccc2)CC1. The summed E-state index contributed by atoms with van der Waals surface area (Å²) in [7, 11) is 0. The number of likely N-dealkylation sites (tertiary alicyclic amines) is 1. The number of hydrogen-bond donors (Lipinski definition) is 2. The first-order valence-corrected chi connectivity index (χ1v) is 10.2. The predicted octanol–water partition coefficient (Wildman–Crippen LogP) is 3.04. The summed E-state index contributed by atoms with van der Waals surface area (Å²) >= 11 is 0. The van der Waals surface area contributed by atoms with Crippen molar-refractivity contribution in [3.8, 4) is 5.75 Å². The second kappa shape index (κ2) is 8.87. The standard InChI is InChI=1S/C23H30N2O2/c26-20(17-27-21-9-5-2-6-10-21)16-25-13-11-19(12-14-25)24-23-15-22(23)18-7-3-1-4-8-18/h1-10,19-20,22-24,26H,11-17H2/t20-,22?,23?/m1/s1. The van der Waals surface area contributed by atoms with Crippen LogP contribution in [0.15, 0.2) is 60.7 Å². The molecule has 2 N–H and O–H groups in total. The summed E-state index contributed by atoms with van der Waals surface area (Å²) in [4.78, 5) is 2.36. The van der Waals surface area contributed by atoms with Crippen LogP contribution in [-0.4, -0.2) is 54.4 Å². The van der Waals surface area contributed by atoms with Crippen molar-refractivity contribution in [3.63, 3.8) is 0 Å². The van der Waals surface area contributed by atoms with E-state index >= 15 is 0 Å². The summed E-state index contributed by atoms with van der Waals surface area (Å²) in [6.45, 7) is 3.13. The van der Waals surface area contributed by atoms with E-state index < -0.39 is 6.10 Å². The Morgan fingerprint density at radius 3 is 2.37 bits per heavy atom. The predicted molar refractivity (Wildman–Crippen MR) is 108 cm³/mol. The minimum Gasteiger partial charge on any atom is -0.491 e. The van der Waals surface area contributed by atoms with Gasteiger partial charge in [0.25, 0.3) is 0 Å². The maximum absolute atomic E-state index is 10.3. The number of piperidine rings is 1. The van der Waals surface area contributed by atoms with Crippen molar-refractivity contribution < 1.29 is 9.84 Å². The molecule has 1 aliphatic carbocycles. The van der Waals surface area contributed by atoms with Gasteiger partial charge in [-0.15, -0.1) is 0 Å². The molecule has 4 heteroatoms. The number of rotatable bonds is 8. The number of nitrogens with one attached hydrogen (secondary N) is 1. The molecule has 1 aliphatic heterocycles. The molecule has 0 aromatic heterocycles. The molecule has 144 valence electrons. The van der Waals surface area contributed by atoms with Crippen molar-refractivity contribution in [1.29, 1.82) is 0 Å². The number of ether oxygens (including phenoxy) is 1. The van der Waals surface area contributed by atoms with Crippen LogP contribution in [0.2, 0.25) is 0 Å². The lowest BCUT2D eigenvalue weighted by Crippen LogP contribution is -2.46. The largest absolute Gasteiger partial charge is 0.491 e. The van der Waals surface area contributed by atoms with E-state index in [9.17, 15) is 5.11 Å². The highest BCUT2D eigenvalue weighted by atomic mass is 16.5. The van der Waals surface area contributed by atoms with Gasteiger partial charge in [0.1, 0.15) is 18.5 Å². The molecule has 27 heavy (non-hydrogen) atoms. The van der Waals surface area contributed by atoms with Gasteiger partial charge in [-0.3, -0.25) is 0 Å². The summed E-state index contributed by atoms with van der Waals surface area (Å²) < 4.78 is 5.66. The molecule has 2 unspecified atom stereocenters. The minimum absolute atomic E-state index is 0.350. The molecule has 4 nitrogen and oxygen atoms in total. The maximum atomic E-state index is 10.3. The maximum Gasteiger partial charge on any atom is 0.119 e. The number of benzene rings is 2. The van der Waals surface area contributed by atoms with Crippen molar-refractivity contribution in [2.24, 2.45) is 0 Å². The van der Waals surface area contributed by atoms with Gasteiger partial charge in [0.15, 0.2) is 0 Å². The number of aliphatic hydroxyl groups is 1. The highest BCUT2D eigenvalue weighted by Gasteiger charge is 2.39. The normalized spacial score (nSPS) is 24.5. The van der Waals surface area contributed by atoms with E-state index in [2.05, 4.69) is 40.5 Å². The van der Waals surface area contributed by atoms with Crippen LogP contribution < -0.4 is 10.1 Å². The molecule has 1 saturated carbocycles. The van der Waals surface area contributed by atoms with Gasteiger partial charge >= 0.3 is 0 Å². The van der Waals surface area contributed by atoms with Crippen LogP contribution in [0.4, 0.5) is 0 Å². The highest BCUT2D eigenvalue weighted by Crippen LogP contribution is 2.41. The summed E-state index contributed by atoms with van der Waals surface area (Å²) in [6.07, 6.45) is 3.13. The van der Waals surface area contributed by atoms with Gasteiger partial charge in [0.05, 0.1) is 0 Å². The van der Waals surface area contributed by atoms with Crippen LogP contribution in [0.5, 0.6) is 5.75 Å². The van der Waals surface area contributed by atoms with E-state index in [1.54, 1.807) is 0 Å². The van der Waals surface area contributed by atoms with Gasteiger partial charge in [0, 0.05) is 24.5 Å². The first kappa shape index (κ1) is 18.5. The molecule has 2 aromatic carbocycles. The highest BCUT2D eigenvalue weighted by molar-refractivity contribution is 5.27. The zero-order chi connectivity index (χ0) is 18.5. The van der Waals surface area contributed by atoms with Crippen molar-refractivity contribution in [2.75, 3.05) is 26.2 Å². The number of para-hydroxylation sites is 1.